The Balaban J connectivity index is 4.13. The van der Waals surface area contributed by atoms with Crippen LogP contribution in [0.5, 0.6) is 0 Å². The van der Waals surface area contributed by atoms with Gasteiger partial charge in [0.2, 0.25) is 0 Å². The van der Waals surface area contributed by atoms with Crippen molar-refractivity contribution in [1.82, 2.24) is 4.90 Å². The van der Waals surface area contributed by atoms with E-state index in [1.807, 2.05) is 6.92 Å². The van der Waals surface area contributed by atoms with Crippen molar-refractivity contribution in [2.45, 2.75) is 20.3 Å². The van der Waals surface area contributed by atoms with E-state index in [1.165, 1.54) is 4.90 Å². The van der Waals surface area contributed by atoms with Crippen LogP contribution in [0.15, 0.2) is 0 Å². The van der Waals surface area contributed by atoms with Gasteiger partial charge in [0.05, 0.1) is 19.0 Å². The lowest BCUT2D eigenvalue weighted by molar-refractivity contribution is -0.117. The first kappa shape index (κ1) is 13.2. The van der Waals surface area contributed by atoms with Crippen molar-refractivity contribution in [3.8, 4) is 0 Å². The molecule has 0 saturated carbocycles. The molecule has 0 spiro atoms. The van der Waals surface area contributed by atoms with Gasteiger partial charge in [0.15, 0.2) is 5.78 Å². The minimum absolute atomic E-state index is 0.0379. The van der Waals surface area contributed by atoms with Crippen molar-refractivity contribution >= 4 is 23.5 Å². The number of Topliss-reactive ketones (excluding diaryl/α,β-unsaturated/α-hetero) is 1. The largest absolute Gasteiger partial charge is 0.450 e. The molecule has 0 fully saturated rings. The van der Waals surface area contributed by atoms with Gasteiger partial charge in [0, 0.05) is 6.54 Å². The van der Waals surface area contributed by atoms with E-state index in [1.54, 1.807) is 6.92 Å². The lowest BCUT2D eigenvalue weighted by Crippen LogP contribution is -2.37. The number of ether oxygens (including phenoxy) is 1. The van der Waals surface area contributed by atoms with Crippen LogP contribution in [0.3, 0.4) is 0 Å². The molecular formula is C9H16ClNO3. The standard InChI is InChI=1S/C9H16ClNO3/c1-3-5-11(7-8(12)6-10)9(13)14-4-2/h3-7H2,1-2H3. The molecule has 14 heavy (non-hydrogen) atoms. The summed E-state index contributed by atoms with van der Waals surface area (Å²) in [4.78, 5) is 23.7. The van der Waals surface area contributed by atoms with Gasteiger partial charge in [0.1, 0.15) is 0 Å². The van der Waals surface area contributed by atoms with E-state index in [2.05, 4.69) is 0 Å². The van der Waals surface area contributed by atoms with Gasteiger partial charge in [-0.05, 0) is 13.3 Å². The third-order valence-electron chi connectivity index (χ3n) is 1.54. The number of carbonyl (C=O) groups is 2. The molecule has 1 amide bonds. The summed E-state index contributed by atoms with van der Waals surface area (Å²) in [5.41, 5.74) is 0. The maximum atomic E-state index is 11.3. The molecule has 0 aromatic rings. The predicted octanol–water partition coefficient (Wildman–Crippen LogP) is 1.66. The predicted molar refractivity (Wildman–Crippen MR) is 54.6 cm³/mol. The SMILES string of the molecule is CCCN(CC(=O)CCl)C(=O)OCC. The van der Waals surface area contributed by atoms with Crippen LogP contribution < -0.4 is 0 Å². The molecule has 0 aliphatic carbocycles. The number of hydrogen-bond acceptors (Lipinski definition) is 3. The van der Waals surface area contributed by atoms with E-state index in [4.69, 9.17) is 16.3 Å². The van der Waals surface area contributed by atoms with E-state index in [-0.39, 0.29) is 18.2 Å². The molecule has 0 aromatic heterocycles. The number of nitrogens with zero attached hydrogens (tertiary/aromatic N) is 1. The van der Waals surface area contributed by atoms with Gasteiger partial charge < -0.3 is 9.64 Å². The van der Waals surface area contributed by atoms with Crippen LogP contribution in [0, 0.1) is 0 Å². The molecule has 0 saturated heterocycles. The third kappa shape index (κ3) is 5.07. The van der Waals surface area contributed by atoms with Gasteiger partial charge in [-0.15, -0.1) is 11.6 Å². The quantitative estimate of drug-likeness (QED) is 0.641. The molecule has 82 valence electrons. The maximum absolute atomic E-state index is 11.3. The van der Waals surface area contributed by atoms with Crippen molar-refractivity contribution in [3.63, 3.8) is 0 Å². The summed E-state index contributed by atoms with van der Waals surface area (Å²) in [5, 5.41) is 0. The monoisotopic (exact) mass is 221 g/mol. The highest BCUT2D eigenvalue weighted by Crippen LogP contribution is 1.97. The molecule has 0 aliphatic rings. The lowest BCUT2D eigenvalue weighted by atomic mass is 10.3. The molecule has 0 atom stereocenters. The Labute approximate surface area is 89.2 Å². The molecule has 0 aromatic carbocycles. The molecule has 0 N–H and O–H groups in total. The lowest BCUT2D eigenvalue weighted by Gasteiger charge is -2.19. The number of ketones is 1. The molecule has 0 aliphatic heterocycles. The van der Waals surface area contributed by atoms with Crippen LogP contribution in [0.1, 0.15) is 20.3 Å². The Morgan fingerprint density at radius 1 is 1.36 bits per heavy atom. The summed E-state index contributed by atoms with van der Waals surface area (Å²) in [5.74, 6) is -0.243. The van der Waals surface area contributed by atoms with Crippen LogP contribution in [0.25, 0.3) is 0 Å². The second kappa shape index (κ2) is 7.62. The van der Waals surface area contributed by atoms with Crippen LogP contribution in [0.4, 0.5) is 4.79 Å². The Hall–Kier alpha value is -0.770. The first-order valence-corrected chi connectivity index (χ1v) is 5.18. The fraction of sp³-hybridized carbons (Fsp3) is 0.778. The highest BCUT2D eigenvalue weighted by atomic mass is 35.5. The van der Waals surface area contributed by atoms with Gasteiger partial charge in [-0.2, -0.15) is 0 Å². The molecule has 0 rings (SSSR count). The fourth-order valence-electron chi connectivity index (χ4n) is 0.975. The topological polar surface area (TPSA) is 46.6 Å². The van der Waals surface area contributed by atoms with Crippen molar-refractivity contribution in [2.75, 3.05) is 25.6 Å². The van der Waals surface area contributed by atoms with Crippen LogP contribution >= 0.6 is 11.6 Å². The minimum atomic E-state index is -0.451. The van der Waals surface area contributed by atoms with Crippen LogP contribution in [-0.4, -0.2) is 42.4 Å². The van der Waals surface area contributed by atoms with E-state index in [0.717, 1.165) is 6.42 Å². The average Bonchev–Trinajstić information content (AvgIpc) is 2.17. The van der Waals surface area contributed by atoms with Gasteiger partial charge >= 0.3 is 6.09 Å². The van der Waals surface area contributed by atoms with Crippen LogP contribution in [-0.2, 0) is 9.53 Å². The summed E-state index contributed by atoms with van der Waals surface area (Å²) in [6, 6.07) is 0. The van der Waals surface area contributed by atoms with E-state index in [0.29, 0.717) is 13.2 Å². The first-order valence-electron chi connectivity index (χ1n) is 4.65. The van der Waals surface area contributed by atoms with Crippen molar-refractivity contribution < 1.29 is 14.3 Å². The van der Waals surface area contributed by atoms with Gasteiger partial charge in [-0.1, -0.05) is 6.92 Å². The first-order chi connectivity index (χ1) is 6.65. The second-order valence-corrected chi connectivity index (χ2v) is 3.06. The summed E-state index contributed by atoms with van der Waals surface area (Å²) < 4.78 is 4.79. The van der Waals surface area contributed by atoms with Crippen molar-refractivity contribution in [1.29, 1.82) is 0 Å². The maximum Gasteiger partial charge on any atom is 0.410 e. The molecule has 0 radical (unpaired) electrons. The van der Waals surface area contributed by atoms with Crippen molar-refractivity contribution in [3.05, 3.63) is 0 Å². The van der Waals surface area contributed by atoms with Gasteiger partial charge in [-0.25, -0.2) is 4.79 Å². The Bertz CT molecular complexity index is 196. The van der Waals surface area contributed by atoms with Gasteiger partial charge in [-0.3, -0.25) is 4.79 Å². The van der Waals surface area contributed by atoms with E-state index >= 15 is 0 Å². The summed E-state index contributed by atoms with van der Waals surface area (Å²) in [6.07, 6.45) is 0.335. The zero-order valence-electron chi connectivity index (χ0n) is 8.59. The van der Waals surface area contributed by atoms with Gasteiger partial charge in [0.25, 0.3) is 0 Å². The molecule has 0 heterocycles. The fourth-order valence-corrected chi connectivity index (χ4v) is 1.06. The summed E-state index contributed by atoms with van der Waals surface area (Å²) >= 11 is 5.35. The van der Waals surface area contributed by atoms with E-state index < -0.39 is 6.09 Å². The number of hydrogen-bond donors (Lipinski definition) is 0. The zero-order chi connectivity index (χ0) is 11.0. The highest BCUT2D eigenvalue weighted by molar-refractivity contribution is 6.28. The van der Waals surface area contributed by atoms with Crippen LogP contribution in [0.2, 0.25) is 0 Å². The van der Waals surface area contributed by atoms with Crippen molar-refractivity contribution in [2.24, 2.45) is 0 Å². The second-order valence-electron chi connectivity index (χ2n) is 2.79. The normalized spacial score (nSPS) is 9.64. The number of halogens is 1. The molecule has 0 bridgehead atoms. The average molecular weight is 222 g/mol. The van der Waals surface area contributed by atoms with E-state index in [9.17, 15) is 9.59 Å². The highest BCUT2D eigenvalue weighted by Gasteiger charge is 2.16. The summed E-state index contributed by atoms with van der Waals surface area (Å²) in [6.45, 7) is 4.52. The summed E-state index contributed by atoms with van der Waals surface area (Å²) in [7, 11) is 0. The minimum Gasteiger partial charge on any atom is -0.450 e. The molecule has 5 heteroatoms. The number of carbonyl (C=O) groups excluding carboxylic acids is 2. The molecular weight excluding hydrogens is 206 g/mol. The third-order valence-corrected chi connectivity index (χ3v) is 1.83. The number of amides is 1. The Morgan fingerprint density at radius 2 is 2.00 bits per heavy atom. The zero-order valence-corrected chi connectivity index (χ0v) is 9.34. The smallest absolute Gasteiger partial charge is 0.410 e. The Morgan fingerprint density at radius 3 is 2.43 bits per heavy atom. The number of alkyl halides is 1. The Kier molecular flexibility index (Phi) is 7.20. The molecule has 4 nitrogen and oxygen atoms in total. The molecule has 0 unspecified atom stereocenters. The number of rotatable bonds is 6.